The lowest BCUT2D eigenvalue weighted by molar-refractivity contribution is 0.438. The summed E-state index contributed by atoms with van der Waals surface area (Å²) in [5.41, 5.74) is 10.9. The molecule has 1 aliphatic rings. The molecular weight excluding hydrogens is 196 g/mol. The van der Waals surface area contributed by atoms with Gasteiger partial charge in [0.1, 0.15) is 0 Å². The molecule has 2 N–H and O–H groups in total. The molecule has 2 rings (SSSR count). The SMILES string of the molecule is Cc1cc(C)c(N)c(N2CCC(C)CC2)c1. The molecule has 1 saturated heterocycles. The van der Waals surface area contributed by atoms with Gasteiger partial charge in [-0.15, -0.1) is 0 Å². The number of piperidine rings is 1. The summed E-state index contributed by atoms with van der Waals surface area (Å²) in [6.07, 6.45) is 2.57. The van der Waals surface area contributed by atoms with Crippen molar-refractivity contribution in [3.05, 3.63) is 23.3 Å². The van der Waals surface area contributed by atoms with E-state index in [2.05, 4.69) is 37.8 Å². The van der Waals surface area contributed by atoms with Crippen molar-refractivity contribution in [3.8, 4) is 0 Å². The Kier molecular flexibility index (Phi) is 3.08. The minimum absolute atomic E-state index is 0.864. The summed E-state index contributed by atoms with van der Waals surface area (Å²) < 4.78 is 0. The molecule has 1 aromatic rings. The second-order valence-electron chi connectivity index (χ2n) is 5.18. The normalized spacial score (nSPS) is 17.8. The lowest BCUT2D eigenvalue weighted by Gasteiger charge is -2.33. The van der Waals surface area contributed by atoms with Crippen molar-refractivity contribution < 1.29 is 0 Å². The van der Waals surface area contributed by atoms with E-state index < -0.39 is 0 Å². The number of nitrogen functional groups attached to an aromatic ring is 1. The van der Waals surface area contributed by atoms with Crippen LogP contribution in [0.15, 0.2) is 12.1 Å². The minimum Gasteiger partial charge on any atom is -0.397 e. The molecule has 88 valence electrons. The topological polar surface area (TPSA) is 29.3 Å². The molecule has 2 nitrogen and oxygen atoms in total. The van der Waals surface area contributed by atoms with Gasteiger partial charge >= 0.3 is 0 Å². The van der Waals surface area contributed by atoms with E-state index in [1.165, 1.54) is 29.7 Å². The number of benzene rings is 1. The highest BCUT2D eigenvalue weighted by molar-refractivity contribution is 5.72. The fourth-order valence-corrected chi connectivity index (χ4v) is 2.47. The molecular formula is C14H22N2. The lowest BCUT2D eigenvalue weighted by Crippen LogP contribution is -2.33. The van der Waals surface area contributed by atoms with Crippen LogP contribution in [-0.4, -0.2) is 13.1 Å². The Morgan fingerprint density at radius 1 is 1.19 bits per heavy atom. The first kappa shape index (κ1) is 11.3. The lowest BCUT2D eigenvalue weighted by atomic mass is 9.98. The Morgan fingerprint density at radius 2 is 1.81 bits per heavy atom. The number of hydrogen-bond donors (Lipinski definition) is 1. The first-order valence-electron chi connectivity index (χ1n) is 6.19. The second-order valence-corrected chi connectivity index (χ2v) is 5.18. The highest BCUT2D eigenvalue weighted by Crippen LogP contribution is 2.31. The van der Waals surface area contributed by atoms with E-state index in [9.17, 15) is 0 Å². The van der Waals surface area contributed by atoms with Gasteiger partial charge in [0, 0.05) is 13.1 Å². The molecule has 1 fully saturated rings. The standard InChI is InChI=1S/C14H22N2/c1-10-4-6-16(7-5-10)13-9-11(2)8-12(3)14(13)15/h8-10H,4-7,15H2,1-3H3. The molecule has 16 heavy (non-hydrogen) atoms. The van der Waals surface area contributed by atoms with Gasteiger partial charge in [0.15, 0.2) is 0 Å². The zero-order valence-corrected chi connectivity index (χ0v) is 10.6. The van der Waals surface area contributed by atoms with Gasteiger partial charge in [0.2, 0.25) is 0 Å². The largest absolute Gasteiger partial charge is 0.397 e. The Labute approximate surface area is 98.4 Å². The van der Waals surface area contributed by atoms with Crippen LogP contribution in [0.3, 0.4) is 0 Å². The minimum atomic E-state index is 0.864. The fraction of sp³-hybridized carbons (Fsp3) is 0.571. The molecule has 1 heterocycles. The van der Waals surface area contributed by atoms with Crippen molar-refractivity contribution in [3.63, 3.8) is 0 Å². The average molecular weight is 218 g/mol. The van der Waals surface area contributed by atoms with Crippen LogP contribution in [0.25, 0.3) is 0 Å². The van der Waals surface area contributed by atoms with E-state index in [0.717, 1.165) is 24.7 Å². The number of hydrogen-bond acceptors (Lipinski definition) is 2. The van der Waals surface area contributed by atoms with Crippen molar-refractivity contribution in [2.24, 2.45) is 5.92 Å². The van der Waals surface area contributed by atoms with Crippen LogP contribution in [0.4, 0.5) is 11.4 Å². The summed E-state index contributed by atoms with van der Waals surface area (Å²) in [7, 11) is 0. The van der Waals surface area contributed by atoms with Crippen LogP contribution in [0.2, 0.25) is 0 Å². The van der Waals surface area contributed by atoms with E-state index in [4.69, 9.17) is 5.73 Å². The van der Waals surface area contributed by atoms with E-state index in [1.807, 2.05) is 0 Å². The maximum atomic E-state index is 6.18. The molecule has 0 aliphatic carbocycles. The highest BCUT2D eigenvalue weighted by atomic mass is 15.1. The van der Waals surface area contributed by atoms with Crippen LogP contribution in [0.5, 0.6) is 0 Å². The van der Waals surface area contributed by atoms with Crippen molar-refractivity contribution in [1.29, 1.82) is 0 Å². The fourth-order valence-electron chi connectivity index (χ4n) is 2.47. The van der Waals surface area contributed by atoms with Gasteiger partial charge in [0.05, 0.1) is 11.4 Å². The molecule has 0 saturated carbocycles. The van der Waals surface area contributed by atoms with Gasteiger partial charge < -0.3 is 10.6 Å². The Bertz CT molecular complexity index is 377. The maximum Gasteiger partial charge on any atom is 0.0605 e. The van der Waals surface area contributed by atoms with Gasteiger partial charge in [0.25, 0.3) is 0 Å². The number of anilines is 2. The predicted molar refractivity (Wildman–Crippen MR) is 70.9 cm³/mol. The quantitative estimate of drug-likeness (QED) is 0.734. The molecule has 0 amide bonds. The number of nitrogens with zero attached hydrogens (tertiary/aromatic N) is 1. The number of aryl methyl sites for hydroxylation is 2. The van der Waals surface area contributed by atoms with Crippen LogP contribution in [0, 0.1) is 19.8 Å². The van der Waals surface area contributed by atoms with Crippen molar-refractivity contribution >= 4 is 11.4 Å². The maximum absolute atomic E-state index is 6.18. The Balaban J connectivity index is 2.26. The zero-order chi connectivity index (χ0) is 11.7. The molecule has 1 aliphatic heterocycles. The van der Waals surface area contributed by atoms with Crippen LogP contribution in [0.1, 0.15) is 30.9 Å². The van der Waals surface area contributed by atoms with E-state index in [1.54, 1.807) is 0 Å². The third-order valence-electron chi connectivity index (χ3n) is 3.63. The van der Waals surface area contributed by atoms with Crippen molar-refractivity contribution in [1.82, 2.24) is 0 Å². The molecule has 1 aromatic carbocycles. The first-order valence-corrected chi connectivity index (χ1v) is 6.19. The average Bonchev–Trinajstić information content (AvgIpc) is 2.25. The molecule has 0 aromatic heterocycles. The zero-order valence-electron chi connectivity index (χ0n) is 10.6. The summed E-state index contributed by atoms with van der Waals surface area (Å²) in [5, 5.41) is 0. The van der Waals surface area contributed by atoms with E-state index in [0.29, 0.717) is 0 Å². The highest BCUT2D eigenvalue weighted by Gasteiger charge is 2.18. The van der Waals surface area contributed by atoms with Crippen LogP contribution in [-0.2, 0) is 0 Å². The van der Waals surface area contributed by atoms with E-state index >= 15 is 0 Å². The predicted octanol–water partition coefficient (Wildman–Crippen LogP) is 3.12. The van der Waals surface area contributed by atoms with Crippen LogP contribution >= 0.6 is 0 Å². The Morgan fingerprint density at radius 3 is 2.44 bits per heavy atom. The summed E-state index contributed by atoms with van der Waals surface area (Å²) in [4.78, 5) is 2.44. The molecule has 0 atom stereocenters. The second kappa shape index (κ2) is 4.36. The van der Waals surface area contributed by atoms with Crippen molar-refractivity contribution in [2.75, 3.05) is 23.7 Å². The summed E-state index contributed by atoms with van der Waals surface area (Å²) >= 11 is 0. The van der Waals surface area contributed by atoms with Gasteiger partial charge in [-0.3, -0.25) is 0 Å². The molecule has 0 unspecified atom stereocenters. The molecule has 0 radical (unpaired) electrons. The summed E-state index contributed by atoms with van der Waals surface area (Å²) in [6.45, 7) is 8.87. The molecule has 0 spiro atoms. The van der Waals surface area contributed by atoms with Gasteiger partial charge in [-0.25, -0.2) is 0 Å². The number of nitrogens with two attached hydrogens (primary N) is 1. The van der Waals surface area contributed by atoms with Gasteiger partial charge in [-0.05, 0) is 49.8 Å². The number of rotatable bonds is 1. The first-order chi connectivity index (χ1) is 7.58. The molecule has 0 bridgehead atoms. The smallest absolute Gasteiger partial charge is 0.0605 e. The third kappa shape index (κ3) is 2.16. The molecule has 2 heteroatoms. The van der Waals surface area contributed by atoms with Gasteiger partial charge in [-0.2, -0.15) is 0 Å². The Hall–Kier alpha value is -1.18. The van der Waals surface area contributed by atoms with E-state index in [-0.39, 0.29) is 0 Å². The van der Waals surface area contributed by atoms with Gasteiger partial charge in [-0.1, -0.05) is 13.0 Å². The third-order valence-corrected chi connectivity index (χ3v) is 3.63. The summed E-state index contributed by atoms with van der Waals surface area (Å²) in [6, 6.07) is 4.38. The summed E-state index contributed by atoms with van der Waals surface area (Å²) in [5.74, 6) is 0.864. The van der Waals surface area contributed by atoms with Crippen LogP contribution < -0.4 is 10.6 Å². The monoisotopic (exact) mass is 218 g/mol. The van der Waals surface area contributed by atoms with Crippen molar-refractivity contribution in [2.45, 2.75) is 33.6 Å².